The number of rotatable bonds is 0. The molecule has 2 aromatic heterocycles. The molecule has 0 aliphatic heterocycles. The first-order chi connectivity index (χ1) is 6.36. The lowest BCUT2D eigenvalue weighted by Crippen LogP contribution is -2.11. The highest BCUT2D eigenvalue weighted by molar-refractivity contribution is 5.92. The molecule has 0 amide bonds. The van der Waals surface area contributed by atoms with E-state index in [0.717, 1.165) is 16.4 Å². The largest absolute Gasteiger partial charge is 0.272 e. The SMILES string of the molecule is Cl.O=c1ccc2cccc3nnn1c23. The van der Waals surface area contributed by atoms with E-state index in [0.29, 0.717) is 0 Å². The topological polar surface area (TPSA) is 47.3 Å². The molecule has 0 N–H and O–H groups in total. The molecular weight excluding hydrogens is 202 g/mol. The van der Waals surface area contributed by atoms with Gasteiger partial charge in [-0.25, -0.2) is 0 Å². The highest BCUT2D eigenvalue weighted by Crippen LogP contribution is 2.15. The van der Waals surface area contributed by atoms with Crippen molar-refractivity contribution in [2.24, 2.45) is 0 Å². The Kier molecular flexibility index (Phi) is 1.86. The molecule has 0 bridgehead atoms. The van der Waals surface area contributed by atoms with Crippen LogP contribution in [0, 0.1) is 0 Å². The van der Waals surface area contributed by atoms with Crippen LogP contribution >= 0.6 is 12.4 Å². The second-order valence-electron chi connectivity index (χ2n) is 2.89. The van der Waals surface area contributed by atoms with Gasteiger partial charge in [0.2, 0.25) is 0 Å². The minimum Gasteiger partial charge on any atom is -0.267 e. The summed E-state index contributed by atoms with van der Waals surface area (Å²) in [5.74, 6) is 0. The normalized spacial score (nSPS) is 10.6. The highest BCUT2D eigenvalue weighted by Gasteiger charge is 2.05. The average Bonchev–Trinajstić information content (AvgIpc) is 2.57. The minimum absolute atomic E-state index is 0. The van der Waals surface area contributed by atoms with Gasteiger partial charge in [0.25, 0.3) is 5.56 Å². The van der Waals surface area contributed by atoms with Crippen molar-refractivity contribution in [3.05, 3.63) is 40.7 Å². The standard InChI is InChI=1S/C9H5N3O.ClH/c13-8-5-4-6-2-1-3-7-9(6)12(8)11-10-7;/h1-5H;1H. The number of benzene rings is 1. The zero-order chi connectivity index (χ0) is 8.84. The van der Waals surface area contributed by atoms with E-state index in [-0.39, 0.29) is 18.0 Å². The van der Waals surface area contributed by atoms with Gasteiger partial charge in [-0.05, 0) is 12.1 Å². The quantitative estimate of drug-likeness (QED) is 0.555. The van der Waals surface area contributed by atoms with E-state index in [1.807, 2.05) is 18.2 Å². The van der Waals surface area contributed by atoms with Crippen LogP contribution in [0.3, 0.4) is 0 Å². The first-order valence-electron chi connectivity index (χ1n) is 3.93. The predicted octanol–water partition coefficient (Wildman–Crippen LogP) is 1.10. The fourth-order valence-electron chi connectivity index (χ4n) is 1.52. The van der Waals surface area contributed by atoms with Gasteiger partial charge in [0.15, 0.2) is 0 Å². The van der Waals surface area contributed by atoms with E-state index >= 15 is 0 Å². The summed E-state index contributed by atoms with van der Waals surface area (Å²) >= 11 is 0. The number of para-hydroxylation sites is 1. The van der Waals surface area contributed by atoms with Gasteiger partial charge in [-0.15, -0.1) is 17.5 Å². The Bertz CT molecular complexity index is 634. The van der Waals surface area contributed by atoms with Crippen LogP contribution in [0.2, 0.25) is 0 Å². The molecule has 0 saturated carbocycles. The summed E-state index contributed by atoms with van der Waals surface area (Å²) in [6, 6.07) is 8.96. The van der Waals surface area contributed by atoms with E-state index in [2.05, 4.69) is 10.3 Å². The number of pyridine rings is 1. The lowest BCUT2D eigenvalue weighted by atomic mass is 10.2. The summed E-state index contributed by atoms with van der Waals surface area (Å²) in [4.78, 5) is 11.3. The van der Waals surface area contributed by atoms with Crippen molar-refractivity contribution in [1.82, 2.24) is 14.8 Å². The van der Waals surface area contributed by atoms with Crippen LogP contribution in [-0.2, 0) is 0 Å². The maximum absolute atomic E-state index is 11.3. The van der Waals surface area contributed by atoms with Gasteiger partial charge in [0, 0.05) is 11.5 Å². The maximum Gasteiger partial charge on any atom is 0.272 e. The zero-order valence-electron chi connectivity index (χ0n) is 7.04. The van der Waals surface area contributed by atoms with Gasteiger partial charge >= 0.3 is 0 Å². The minimum atomic E-state index is -0.138. The molecule has 2 heterocycles. The second kappa shape index (κ2) is 2.92. The van der Waals surface area contributed by atoms with E-state index < -0.39 is 0 Å². The van der Waals surface area contributed by atoms with E-state index in [4.69, 9.17) is 0 Å². The number of nitrogens with zero attached hydrogens (tertiary/aromatic N) is 3. The Morgan fingerprint density at radius 3 is 2.86 bits per heavy atom. The number of halogens is 1. The van der Waals surface area contributed by atoms with E-state index in [1.165, 1.54) is 10.6 Å². The van der Waals surface area contributed by atoms with Crippen LogP contribution in [0.25, 0.3) is 16.4 Å². The predicted molar refractivity (Wildman–Crippen MR) is 55.2 cm³/mol. The van der Waals surface area contributed by atoms with Gasteiger partial charge in [-0.3, -0.25) is 4.79 Å². The molecular formula is C9H6ClN3O. The summed E-state index contributed by atoms with van der Waals surface area (Å²) in [6.45, 7) is 0. The smallest absolute Gasteiger partial charge is 0.267 e. The molecule has 0 fully saturated rings. The molecule has 0 atom stereocenters. The molecule has 0 radical (unpaired) electrons. The fraction of sp³-hybridized carbons (Fsp3) is 0. The van der Waals surface area contributed by atoms with Crippen LogP contribution in [0.15, 0.2) is 35.1 Å². The Hall–Kier alpha value is -1.68. The van der Waals surface area contributed by atoms with Crippen molar-refractivity contribution >= 4 is 28.8 Å². The number of aromatic nitrogens is 3. The van der Waals surface area contributed by atoms with E-state index in [1.54, 1.807) is 6.07 Å². The fourth-order valence-corrected chi connectivity index (χ4v) is 1.52. The highest BCUT2D eigenvalue weighted by atomic mass is 35.5. The van der Waals surface area contributed by atoms with Crippen LogP contribution in [0.1, 0.15) is 0 Å². The van der Waals surface area contributed by atoms with Crippen molar-refractivity contribution in [3.63, 3.8) is 0 Å². The molecule has 4 nitrogen and oxygen atoms in total. The third-order valence-electron chi connectivity index (χ3n) is 2.11. The first-order valence-corrected chi connectivity index (χ1v) is 3.93. The summed E-state index contributed by atoms with van der Waals surface area (Å²) in [6.07, 6.45) is 0. The Morgan fingerprint density at radius 2 is 2.00 bits per heavy atom. The van der Waals surface area contributed by atoms with Crippen LogP contribution in [0.4, 0.5) is 0 Å². The van der Waals surface area contributed by atoms with Crippen molar-refractivity contribution in [3.8, 4) is 0 Å². The van der Waals surface area contributed by atoms with Gasteiger partial charge in [-0.1, -0.05) is 17.3 Å². The molecule has 0 saturated heterocycles. The van der Waals surface area contributed by atoms with Crippen molar-refractivity contribution < 1.29 is 0 Å². The molecule has 14 heavy (non-hydrogen) atoms. The Balaban J connectivity index is 0.000000750. The van der Waals surface area contributed by atoms with Crippen molar-refractivity contribution in [2.75, 3.05) is 0 Å². The first kappa shape index (κ1) is 8.90. The van der Waals surface area contributed by atoms with Crippen LogP contribution in [-0.4, -0.2) is 14.8 Å². The Labute approximate surface area is 84.9 Å². The third kappa shape index (κ3) is 0.975. The van der Waals surface area contributed by atoms with E-state index in [9.17, 15) is 4.79 Å². The van der Waals surface area contributed by atoms with Crippen LogP contribution in [0.5, 0.6) is 0 Å². The van der Waals surface area contributed by atoms with Crippen molar-refractivity contribution in [2.45, 2.75) is 0 Å². The monoisotopic (exact) mass is 207 g/mol. The average molecular weight is 208 g/mol. The van der Waals surface area contributed by atoms with Crippen LogP contribution < -0.4 is 5.56 Å². The molecule has 3 aromatic rings. The van der Waals surface area contributed by atoms with Gasteiger partial charge in [-0.2, -0.15) is 4.52 Å². The number of hydrogen-bond donors (Lipinski definition) is 0. The summed E-state index contributed by atoms with van der Waals surface area (Å²) in [7, 11) is 0. The third-order valence-corrected chi connectivity index (χ3v) is 2.11. The molecule has 0 unspecified atom stereocenters. The molecule has 0 aliphatic carbocycles. The lowest BCUT2D eigenvalue weighted by Gasteiger charge is -1.93. The maximum atomic E-state index is 11.3. The zero-order valence-corrected chi connectivity index (χ0v) is 7.86. The van der Waals surface area contributed by atoms with Gasteiger partial charge in [0.05, 0.1) is 0 Å². The summed E-state index contributed by atoms with van der Waals surface area (Å²) in [5, 5.41) is 8.65. The van der Waals surface area contributed by atoms with Gasteiger partial charge < -0.3 is 0 Å². The lowest BCUT2D eigenvalue weighted by molar-refractivity contribution is 0.836. The number of hydrogen-bond acceptors (Lipinski definition) is 3. The second-order valence-corrected chi connectivity index (χ2v) is 2.89. The summed E-state index contributed by atoms with van der Waals surface area (Å²) < 4.78 is 1.32. The molecule has 70 valence electrons. The summed E-state index contributed by atoms with van der Waals surface area (Å²) in [5.41, 5.74) is 1.42. The molecule has 0 spiro atoms. The Morgan fingerprint density at radius 1 is 1.14 bits per heavy atom. The van der Waals surface area contributed by atoms with Crippen molar-refractivity contribution in [1.29, 1.82) is 0 Å². The molecule has 0 aliphatic rings. The van der Waals surface area contributed by atoms with Gasteiger partial charge in [0.1, 0.15) is 11.0 Å². The molecule has 5 heteroatoms. The molecule has 1 aromatic carbocycles. The molecule has 3 rings (SSSR count).